The Morgan fingerprint density at radius 3 is 2.07 bits per heavy atom. The Balaban J connectivity index is 1.41. The number of ether oxygens (including phenoxy) is 5. The van der Waals surface area contributed by atoms with E-state index >= 15 is 0 Å². The number of benzene rings is 3. The topological polar surface area (TPSA) is 150 Å². The Morgan fingerprint density at radius 2 is 1.44 bits per heavy atom. The van der Waals surface area contributed by atoms with Gasteiger partial charge in [0.05, 0.1) is 56.1 Å². The minimum atomic E-state index is -4.22. The van der Waals surface area contributed by atoms with Crippen molar-refractivity contribution in [3.63, 3.8) is 0 Å². The van der Waals surface area contributed by atoms with E-state index in [2.05, 4.69) is 5.32 Å². The van der Waals surface area contributed by atoms with Crippen LogP contribution in [0.2, 0.25) is 0 Å². The largest absolute Gasteiger partial charge is 0.494 e. The van der Waals surface area contributed by atoms with Crippen LogP contribution in [0.25, 0.3) is 0 Å². The molecule has 0 saturated carbocycles. The Labute approximate surface area is 263 Å². The lowest BCUT2D eigenvalue weighted by Gasteiger charge is -2.26. The third kappa shape index (κ3) is 8.36. The number of morpholine rings is 1. The van der Waals surface area contributed by atoms with Crippen molar-refractivity contribution in [2.75, 3.05) is 71.1 Å². The molecule has 1 saturated heterocycles. The summed E-state index contributed by atoms with van der Waals surface area (Å²) >= 11 is 0. The number of anilines is 1. The van der Waals surface area contributed by atoms with E-state index in [1.54, 1.807) is 36.4 Å². The van der Waals surface area contributed by atoms with E-state index in [0.717, 1.165) is 4.31 Å². The van der Waals surface area contributed by atoms with Gasteiger partial charge in [-0.25, -0.2) is 16.8 Å². The number of rotatable bonds is 15. The van der Waals surface area contributed by atoms with Crippen molar-refractivity contribution in [3.05, 3.63) is 66.7 Å². The molecule has 0 aliphatic carbocycles. The summed E-state index contributed by atoms with van der Waals surface area (Å²) < 4.78 is 82.5. The van der Waals surface area contributed by atoms with Gasteiger partial charge >= 0.3 is 0 Å². The number of nitrogens with one attached hydrogen (secondary N) is 1. The van der Waals surface area contributed by atoms with Crippen LogP contribution in [-0.4, -0.2) is 93.9 Å². The van der Waals surface area contributed by atoms with Gasteiger partial charge in [-0.05, 0) is 67.6 Å². The predicted molar refractivity (Wildman–Crippen MR) is 166 cm³/mol. The minimum absolute atomic E-state index is 0.0623. The van der Waals surface area contributed by atoms with E-state index in [1.165, 1.54) is 48.9 Å². The normalized spacial score (nSPS) is 13.9. The summed E-state index contributed by atoms with van der Waals surface area (Å²) in [6.07, 6.45) is 0. The molecule has 1 N–H and O–H groups in total. The van der Waals surface area contributed by atoms with Gasteiger partial charge in [-0.15, -0.1) is 0 Å². The SMILES string of the molecule is CCOc1ccc(N(CC(=O)NCCOc2ccc(S(=O)(=O)N3CCOCC3)cc2)S(=O)(=O)c2ccc(OC)c(OC)c2)cc1. The number of hydrogen-bond donors (Lipinski definition) is 1. The zero-order valence-corrected chi connectivity index (χ0v) is 26.9. The zero-order valence-electron chi connectivity index (χ0n) is 25.3. The molecule has 3 aromatic rings. The van der Waals surface area contributed by atoms with Crippen LogP contribution < -0.4 is 28.6 Å². The van der Waals surface area contributed by atoms with Gasteiger partial charge in [0.15, 0.2) is 11.5 Å². The molecule has 0 unspecified atom stereocenters. The first kappa shape index (κ1) is 33.8. The highest BCUT2D eigenvalue weighted by molar-refractivity contribution is 7.92. The quantitative estimate of drug-likeness (QED) is 0.240. The molecule has 244 valence electrons. The summed E-state index contributed by atoms with van der Waals surface area (Å²) in [5.74, 6) is 0.979. The van der Waals surface area contributed by atoms with Gasteiger partial charge in [-0.2, -0.15) is 4.31 Å². The molecular weight excluding hydrogens is 626 g/mol. The van der Waals surface area contributed by atoms with Gasteiger partial charge < -0.3 is 29.0 Å². The first-order valence-electron chi connectivity index (χ1n) is 14.1. The van der Waals surface area contributed by atoms with Crippen LogP contribution in [0, 0.1) is 0 Å². The molecule has 1 heterocycles. The third-order valence-electron chi connectivity index (χ3n) is 6.79. The van der Waals surface area contributed by atoms with E-state index in [0.29, 0.717) is 50.2 Å². The standard InChI is InChI=1S/C30H37N3O10S2/c1-4-42-24-7-5-23(6-8-24)33(45(37,38)27-13-14-28(39-2)29(21-27)40-3)22-30(34)31-15-18-43-25-9-11-26(12-10-25)44(35,36)32-16-19-41-20-17-32/h5-14,21H,4,15-20,22H2,1-3H3,(H,31,34). The van der Waals surface area contributed by atoms with E-state index in [1.807, 2.05) is 6.92 Å². The first-order valence-corrected chi connectivity index (χ1v) is 17.0. The van der Waals surface area contributed by atoms with Gasteiger partial charge in [0.2, 0.25) is 15.9 Å². The second-order valence-electron chi connectivity index (χ2n) is 9.64. The van der Waals surface area contributed by atoms with Gasteiger partial charge in [0.1, 0.15) is 24.7 Å². The van der Waals surface area contributed by atoms with Crippen molar-refractivity contribution < 1.29 is 45.3 Å². The van der Waals surface area contributed by atoms with Crippen molar-refractivity contribution >= 4 is 31.6 Å². The summed E-state index contributed by atoms with van der Waals surface area (Å²) in [5.41, 5.74) is 0.256. The molecule has 1 fully saturated rings. The fourth-order valence-corrected chi connectivity index (χ4v) is 7.33. The molecule has 1 aliphatic heterocycles. The summed E-state index contributed by atoms with van der Waals surface area (Å²) in [6, 6.07) is 16.6. The maximum atomic E-state index is 13.8. The fraction of sp³-hybridized carbons (Fsp3) is 0.367. The molecule has 0 radical (unpaired) electrons. The number of hydrogen-bond acceptors (Lipinski definition) is 10. The minimum Gasteiger partial charge on any atom is -0.494 e. The van der Waals surface area contributed by atoms with Crippen LogP contribution in [0.5, 0.6) is 23.0 Å². The Hall–Kier alpha value is -4.05. The number of sulfonamides is 2. The lowest BCUT2D eigenvalue weighted by Crippen LogP contribution is -2.42. The van der Waals surface area contributed by atoms with Gasteiger partial charge in [0.25, 0.3) is 10.0 Å². The maximum Gasteiger partial charge on any atom is 0.264 e. The maximum absolute atomic E-state index is 13.8. The summed E-state index contributed by atoms with van der Waals surface area (Å²) in [6.45, 7) is 3.19. The van der Waals surface area contributed by atoms with Crippen LogP contribution in [0.4, 0.5) is 5.69 Å². The smallest absolute Gasteiger partial charge is 0.264 e. The van der Waals surface area contributed by atoms with Crippen LogP contribution in [0.3, 0.4) is 0 Å². The number of carbonyl (C=O) groups is 1. The second-order valence-corrected chi connectivity index (χ2v) is 13.4. The van der Waals surface area contributed by atoms with Crippen molar-refractivity contribution in [1.29, 1.82) is 0 Å². The van der Waals surface area contributed by atoms with Crippen LogP contribution >= 0.6 is 0 Å². The summed E-state index contributed by atoms with van der Waals surface area (Å²) in [7, 11) is -5.01. The van der Waals surface area contributed by atoms with E-state index < -0.39 is 32.5 Å². The van der Waals surface area contributed by atoms with Crippen molar-refractivity contribution in [1.82, 2.24) is 9.62 Å². The number of amides is 1. The Morgan fingerprint density at radius 1 is 0.844 bits per heavy atom. The molecule has 4 rings (SSSR count). The molecule has 13 nitrogen and oxygen atoms in total. The molecular formula is C30H37N3O10S2. The number of carbonyl (C=O) groups excluding carboxylic acids is 1. The molecule has 1 amide bonds. The second kappa shape index (κ2) is 15.3. The molecule has 0 atom stereocenters. The monoisotopic (exact) mass is 663 g/mol. The molecule has 0 bridgehead atoms. The van der Waals surface area contributed by atoms with Gasteiger partial charge in [-0.1, -0.05) is 0 Å². The van der Waals surface area contributed by atoms with E-state index in [-0.39, 0.29) is 34.4 Å². The lowest BCUT2D eigenvalue weighted by molar-refractivity contribution is -0.119. The summed E-state index contributed by atoms with van der Waals surface area (Å²) in [5, 5.41) is 2.67. The van der Waals surface area contributed by atoms with Crippen LogP contribution in [-0.2, 0) is 29.6 Å². The van der Waals surface area contributed by atoms with E-state index in [4.69, 9.17) is 23.7 Å². The molecule has 45 heavy (non-hydrogen) atoms. The average molecular weight is 664 g/mol. The third-order valence-corrected chi connectivity index (χ3v) is 10.5. The zero-order chi connectivity index (χ0) is 32.5. The lowest BCUT2D eigenvalue weighted by atomic mass is 10.3. The first-order chi connectivity index (χ1) is 21.6. The number of nitrogens with zero attached hydrogens (tertiary/aromatic N) is 2. The fourth-order valence-electron chi connectivity index (χ4n) is 4.48. The highest BCUT2D eigenvalue weighted by Crippen LogP contribution is 2.32. The van der Waals surface area contributed by atoms with Crippen LogP contribution in [0.1, 0.15) is 6.92 Å². The molecule has 0 spiro atoms. The molecule has 3 aromatic carbocycles. The predicted octanol–water partition coefficient (Wildman–Crippen LogP) is 2.51. The molecule has 15 heteroatoms. The van der Waals surface area contributed by atoms with Crippen molar-refractivity contribution in [3.8, 4) is 23.0 Å². The highest BCUT2D eigenvalue weighted by Gasteiger charge is 2.29. The number of methoxy groups -OCH3 is 2. The van der Waals surface area contributed by atoms with Crippen molar-refractivity contribution in [2.24, 2.45) is 0 Å². The summed E-state index contributed by atoms with van der Waals surface area (Å²) in [4.78, 5) is 13.0. The van der Waals surface area contributed by atoms with Crippen LogP contribution in [0.15, 0.2) is 76.5 Å². The van der Waals surface area contributed by atoms with Gasteiger partial charge in [0, 0.05) is 19.2 Å². The van der Waals surface area contributed by atoms with Gasteiger partial charge in [-0.3, -0.25) is 9.10 Å². The Bertz CT molecular complexity index is 1640. The Kier molecular flexibility index (Phi) is 11.5. The molecule has 0 aromatic heterocycles. The highest BCUT2D eigenvalue weighted by atomic mass is 32.2. The van der Waals surface area contributed by atoms with Crippen molar-refractivity contribution in [2.45, 2.75) is 16.7 Å². The molecule has 1 aliphatic rings. The average Bonchev–Trinajstić information content (AvgIpc) is 3.06. The van der Waals surface area contributed by atoms with E-state index in [9.17, 15) is 21.6 Å².